The Morgan fingerprint density at radius 2 is 1.36 bits per heavy atom. The topological polar surface area (TPSA) is 67.6 Å². The van der Waals surface area contributed by atoms with Crippen molar-refractivity contribution in [2.45, 2.75) is 32.4 Å². The highest BCUT2D eigenvalue weighted by atomic mass is 35.5. The minimum Gasteiger partial charge on any atom is -0.383 e. The van der Waals surface area contributed by atoms with Crippen LogP contribution in [0.4, 0.5) is 19.0 Å². The highest BCUT2D eigenvalue weighted by molar-refractivity contribution is 6.34. The predicted molar refractivity (Wildman–Crippen MR) is 163 cm³/mol. The van der Waals surface area contributed by atoms with E-state index in [9.17, 15) is 18.4 Å². The lowest BCUT2D eigenvalue weighted by Gasteiger charge is -2.21. The van der Waals surface area contributed by atoms with Gasteiger partial charge in [0.2, 0.25) is 0 Å². The Morgan fingerprint density at radius 3 is 1.86 bits per heavy atom. The number of benzene rings is 4. The molecule has 0 fully saturated rings. The minimum absolute atomic E-state index is 0.0477. The van der Waals surface area contributed by atoms with E-state index >= 15 is 0 Å². The number of unbranched alkanes of at least 4 members (excludes halogenated alkanes) is 1. The second-order valence-corrected chi connectivity index (χ2v) is 10.6. The number of nitriles is 1. The lowest BCUT2D eigenvalue weighted by Crippen LogP contribution is -2.11. The Bertz CT molecular complexity index is 1750. The van der Waals surface area contributed by atoms with Crippen LogP contribution in [0, 0.1) is 11.3 Å². The van der Waals surface area contributed by atoms with Gasteiger partial charge < -0.3 is 5.73 Å². The van der Waals surface area contributed by atoms with Gasteiger partial charge in [0.15, 0.2) is 5.69 Å². The van der Waals surface area contributed by atoms with Gasteiger partial charge in [0.25, 0.3) is 0 Å². The minimum atomic E-state index is -4.68. The van der Waals surface area contributed by atoms with Crippen molar-refractivity contribution in [1.29, 1.82) is 5.26 Å². The molecule has 0 bridgehead atoms. The molecular weight excluding hydrogens is 580 g/mol. The summed E-state index contributed by atoms with van der Waals surface area (Å²) in [7, 11) is 0. The summed E-state index contributed by atoms with van der Waals surface area (Å²) in [6.45, 7) is 2.09. The molecule has 0 amide bonds. The SMILES string of the molecule is CCCCc1ccccc1-c1c(C#N)nn(-c2c(-c3ccccc3Cl)cc(C(F)(F)F)cc2-c2ccccc2Cl)c1N. The third-order valence-corrected chi connectivity index (χ3v) is 7.75. The third-order valence-electron chi connectivity index (χ3n) is 7.09. The van der Waals surface area contributed by atoms with Crippen LogP contribution in [-0.2, 0) is 12.6 Å². The molecule has 0 radical (unpaired) electrons. The van der Waals surface area contributed by atoms with Crippen LogP contribution in [0.1, 0.15) is 36.6 Å². The second kappa shape index (κ2) is 11.9. The molecular formula is C33H25Cl2F3N4. The lowest BCUT2D eigenvalue weighted by atomic mass is 9.92. The van der Waals surface area contributed by atoms with Crippen LogP contribution < -0.4 is 5.73 Å². The molecule has 0 atom stereocenters. The van der Waals surface area contributed by atoms with Crippen LogP contribution in [0.15, 0.2) is 84.9 Å². The van der Waals surface area contributed by atoms with E-state index in [0.717, 1.165) is 42.5 Å². The fourth-order valence-corrected chi connectivity index (χ4v) is 5.57. The van der Waals surface area contributed by atoms with Crippen molar-refractivity contribution in [3.05, 3.63) is 112 Å². The number of alkyl halides is 3. The number of nitrogen functional groups attached to an aromatic ring is 1. The van der Waals surface area contributed by atoms with Crippen molar-refractivity contribution in [3.63, 3.8) is 0 Å². The van der Waals surface area contributed by atoms with Gasteiger partial charge in [-0.1, -0.05) is 97.2 Å². The standard InChI is InChI=1S/C33H25Cl2F3N4/c1-2-3-10-20-11-4-5-12-22(20)30-29(19-39)41-42(32(30)40)31-25(23-13-6-8-15-27(23)34)17-21(33(36,37)38)18-26(31)24-14-7-9-16-28(24)35/h4-9,11-18H,2-3,10,40H2,1H3. The summed E-state index contributed by atoms with van der Waals surface area (Å²) in [5.41, 5.74) is 9.27. The monoisotopic (exact) mass is 604 g/mol. The Morgan fingerprint density at radius 1 is 0.833 bits per heavy atom. The van der Waals surface area contributed by atoms with Gasteiger partial charge in [0.1, 0.15) is 11.9 Å². The highest BCUT2D eigenvalue weighted by Gasteiger charge is 2.34. The van der Waals surface area contributed by atoms with Crippen LogP contribution in [0.3, 0.4) is 0 Å². The van der Waals surface area contributed by atoms with Gasteiger partial charge in [0.05, 0.1) is 16.8 Å². The zero-order chi connectivity index (χ0) is 30.0. The van der Waals surface area contributed by atoms with Crippen LogP contribution in [0.2, 0.25) is 10.0 Å². The Labute approximate surface area is 251 Å². The normalized spacial score (nSPS) is 11.5. The van der Waals surface area contributed by atoms with E-state index in [1.54, 1.807) is 48.5 Å². The van der Waals surface area contributed by atoms with E-state index < -0.39 is 11.7 Å². The maximum Gasteiger partial charge on any atom is 0.416 e. The van der Waals surface area contributed by atoms with Crippen LogP contribution in [0.25, 0.3) is 39.1 Å². The first kappa shape index (κ1) is 29.2. The number of nitrogens with zero attached hydrogens (tertiary/aromatic N) is 3. The van der Waals surface area contributed by atoms with Gasteiger partial charge in [0, 0.05) is 32.3 Å². The summed E-state index contributed by atoms with van der Waals surface area (Å²) in [6.07, 6.45) is -2.01. The molecule has 42 heavy (non-hydrogen) atoms. The predicted octanol–water partition coefficient (Wildman–Crippen LogP) is 10.00. The first-order chi connectivity index (χ1) is 20.2. The molecule has 9 heteroatoms. The fourth-order valence-electron chi connectivity index (χ4n) is 5.09. The van der Waals surface area contributed by atoms with Crippen molar-refractivity contribution in [2.75, 3.05) is 5.73 Å². The van der Waals surface area contributed by atoms with E-state index in [2.05, 4.69) is 18.1 Å². The van der Waals surface area contributed by atoms with Crippen LogP contribution >= 0.6 is 23.2 Å². The van der Waals surface area contributed by atoms with E-state index in [1.807, 2.05) is 24.3 Å². The smallest absolute Gasteiger partial charge is 0.383 e. The first-order valence-electron chi connectivity index (χ1n) is 13.3. The maximum atomic E-state index is 14.3. The molecule has 4 nitrogen and oxygen atoms in total. The van der Waals surface area contributed by atoms with E-state index in [-0.39, 0.29) is 38.4 Å². The van der Waals surface area contributed by atoms with Crippen LogP contribution in [-0.4, -0.2) is 9.78 Å². The summed E-state index contributed by atoms with van der Waals surface area (Å²) < 4.78 is 44.3. The zero-order valence-corrected chi connectivity index (χ0v) is 24.0. The molecule has 0 saturated carbocycles. The van der Waals surface area contributed by atoms with Gasteiger partial charge in [-0.3, -0.25) is 0 Å². The maximum absolute atomic E-state index is 14.3. The van der Waals surface area contributed by atoms with Crippen molar-refractivity contribution in [2.24, 2.45) is 0 Å². The van der Waals surface area contributed by atoms with Crippen molar-refractivity contribution in [1.82, 2.24) is 9.78 Å². The number of anilines is 1. The average molecular weight is 605 g/mol. The Kier molecular flexibility index (Phi) is 8.31. The van der Waals surface area contributed by atoms with E-state index in [0.29, 0.717) is 16.7 Å². The van der Waals surface area contributed by atoms with Gasteiger partial charge in [-0.25, -0.2) is 4.68 Å². The zero-order valence-electron chi connectivity index (χ0n) is 22.5. The van der Waals surface area contributed by atoms with Crippen LogP contribution in [0.5, 0.6) is 0 Å². The molecule has 0 spiro atoms. The van der Waals surface area contributed by atoms with Gasteiger partial charge >= 0.3 is 6.18 Å². The number of aromatic nitrogens is 2. The largest absolute Gasteiger partial charge is 0.416 e. The molecule has 5 rings (SSSR count). The summed E-state index contributed by atoms with van der Waals surface area (Å²) >= 11 is 13.1. The third kappa shape index (κ3) is 5.48. The molecule has 4 aromatic carbocycles. The molecule has 0 aliphatic heterocycles. The second-order valence-electron chi connectivity index (χ2n) is 9.77. The Hall–Kier alpha value is -4.25. The molecule has 0 unspecified atom stereocenters. The molecule has 2 N–H and O–H groups in total. The van der Waals surface area contributed by atoms with E-state index in [1.165, 1.54) is 4.68 Å². The quantitative estimate of drug-likeness (QED) is 0.201. The number of aryl methyl sites for hydroxylation is 1. The van der Waals surface area contributed by atoms with E-state index in [4.69, 9.17) is 28.9 Å². The molecule has 212 valence electrons. The van der Waals surface area contributed by atoms with Gasteiger partial charge in [-0.05, 0) is 48.2 Å². The molecule has 1 aromatic heterocycles. The number of nitrogens with two attached hydrogens (primary N) is 1. The van der Waals surface area contributed by atoms with Crippen molar-refractivity contribution in [3.8, 4) is 45.1 Å². The van der Waals surface area contributed by atoms with Crippen molar-refractivity contribution >= 4 is 29.0 Å². The summed E-state index contributed by atoms with van der Waals surface area (Å²) in [4.78, 5) is 0. The summed E-state index contributed by atoms with van der Waals surface area (Å²) in [5, 5.41) is 15.2. The molecule has 0 aliphatic carbocycles. The highest BCUT2D eigenvalue weighted by Crippen LogP contribution is 2.46. The number of rotatable bonds is 7. The molecule has 0 aliphatic rings. The molecule has 1 heterocycles. The average Bonchev–Trinajstić information content (AvgIpc) is 3.31. The Balaban J connectivity index is 1.92. The van der Waals surface area contributed by atoms with Gasteiger partial charge in [-0.2, -0.15) is 23.5 Å². The summed E-state index contributed by atoms with van der Waals surface area (Å²) in [5.74, 6) is 0.108. The molecule has 0 saturated heterocycles. The van der Waals surface area contributed by atoms with Gasteiger partial charge in [-0.15, -0.1) is 0 Å². The van der Waals surface area contributed by atoms with Crippen molar-refractivity contribution < 1.29 is 13.2 Å². The fraction of sp³-hybridized carbons (Fsp3) is 0.152. The number of halogens is 5. The summed E-state index contributed by atoms with van der Waals surface area (Å²) in [6, 6.07) is 25.0. The lowest BCUT2D eigenvalue weighted by molar-refractivity contribution is -0.137. The first-order valence-corrected chi connectivity index (χ1v) is 14.0. The molecule has 5 aromatic rings. The number of hydrogen-bond acceptors (Lipinski definition) is 3. The number of hydrogen-bond donors (Lipinski definition) is 1.